The second kappa shape index (κ2) is 12.8. The maximum atomic E-state index is 13.3. The molecular weight excluding hydrogens is 562 g/mol. The second-order valence-corrected chi connectivity index (χ2v) is 11.0. The van der Waals surface area contributed by atoms with Crippen molar-refractivity contribution in [3.05, 3.63) is 87.3 Å². The maximum absolute atomic E-state index is 13.3. The lowest BCUT2D eigenvalue weighted by Crippen LogP contribution is -2.49. The first-order chi connectivity index (χ1) is 21.4. The van der Waals surface area contributed by atoms with Crippen molar-refractivity contribution in [1.29, 1.82) is 0 Å². The van der Waals surface area contributed by atoms with Crippen molar-refractivity contribution in [2.75, 3.05) is 52.3 Å². The topological polar surface area (TPSA) is 131 Å². The van der Waals surface area contributed by atoms with Crippen LogP contribution in [0.4, 0.5) is 16.4 Å². The van der Waals surface area contributed by atoms with E-state index < -0.39 is 11.3 Å². The van der Waals surface area contributed by atoms with Gasteiger partial charge in [-0.15, -0.1) is 0 Å². The highest BCUT2D eigenvalue weighted by atomic mass is 16.6. The normalized spacial score (nSPS) is 14.8. The van der Waals surface area contributed by atoms with Crippen LogP contribution in [0.15, 0.2) is 59.7 Å². The minimum absolute atomic E-state index is 0.0647. The summed E-state index contributed by atoms with van der Waals surface area (Å²) >= 11 is 0. The number of ether oxygens (including phenoxy) is 1. The molecular formula is C32H35N7O5. The molecule has 0 radical (unpaired) electrons. The number of anilines is 2. The summed E-state index contributed by atoms with van der Waals surface area (Å²) in [6, 6.07) is 14.3. The van der Waals surface area contributed by atoms with Crippen LogP contribution in [-0.2, 0) is 28.8 Å². The van der Waals surface area contributed by atoms with Gasteiger partial charge < -0.3 is 19.5 Å². The van der Waals surface area contributed by atoms with E-state index in [1.807, 2.05) is 18.2 Å². The number of nitrogens with one attached hydrogen (secondary N) is 2. The molecule has 228 valence electrons. The SMILES string of the molecule is CONC(=O)c1cn(-c2ccc3c(c2)CCC3)c2nc(Nc3ccc(CCN4CCN(C(=O)OC)CC4)cc3)ncc2c1=O. The van der Waals surface area contributed by atoms with Crippen LogP contribution in [0.5, 0.6) is 0 Å². The zero-order chi connectivity index (χ0) is 30.6. The lowest BCUT2D eigenvalue weighted by Gasteiger charge is -2.33. The summed E-state index contributed by atoms with van der Waals surface area (Å²) in [5.74, 6) is -0.308. The van der Waals surface area contributed by atoms with E-state index in [1.54, 1.807) is 9.47 Å². The summed E-state index contributed by atoms with van der Waals surface area (Å²) in [7, 11) is 2.73. The van der Waals surface area contributed by atoms with Gasteiger partial charge in [-0.25, -0.2) is 15.3 Å². The van der Waals surface area contributed by atoms with Crippen molar-refractivity contribution >= 4 is 34.7 Å². The van der Waals surface area contributed by atoms with Gasteiger partial charge in [0.15, 0.2) is 5.65 Å². The molecule has 1 saturated heterocycles. The van der Waals surface area contributed by atoms with Crippen molar-refractivity contribution in [1.82, 2.24) is 29.8 Å². The van der Waals surface area contributed by atoms with Gasteiger partial charge in [-0.2, -0.15) is 4.98 Å². The number of amides is 2. The molecule has 3 heterocycles. The van der Waals surface area contributed by atoms with E-state index in [4.69, 9.17) is 14.6 Å². The molecule has 0 atom stereocenters. The summed E-state index contributed by atoms with van der Waals surface area (Å²) in [5.41, 5.74) is 7.48. The average molecular weight is 598 g/mol. The molecule has 2 N–H and O–H groups in total. The van der Waals surface area contributed by atoms with E-state index in [2.05, 4.69) is 44.9 Å². The van der Waals surface area contributed by atoms with Gasteiger partial charge in [0.2, 0.25) is 11.4 Å². The van der Waals surface area contributed by atoms with Crippen LogP contribution in [0.3, 0.4) is 0 Å². The third kappa shape index (κ3) is 6.12. The zero-order valence-corrected chi connectivity index (χ0v) is 24.8. The molecule has 0 saturated carbocycles. The predicted octanol–water partition coefficient (Wildman–Crippen LogP) is 3.23. The van der Waals surface area contributed by atoms with Crippen LogP contribution in [-0.4, -0.2) is 83.3 Å². The number of hydroxylamine groups is 1. The number of carbonyl (C=O) groups is 2. The fourth-order valence-corrected chi connectivity index (χ4v) is 5.84. The predicted molar refractivity (Wildman–Crippen MR) is 165 cm³/mol. The fraction of sp³-hybridized carbons (Fsp3) is 0.344. The number of fused-ring (bicyclic) bond motifs is 2. The number of benzene rings is 2. The number of aryl methyl sites for hydroxylation is 2. The smallest absolute Gasteiger partial charge is 0.409 e. The molecule has 0 bridgehead atoms. The summed E-state index contributed by atoms with van der Waals surface area (Å²) in [4.78, 5) is 55.7. The Bertz CT molecular complexity index is 1750. The van der Waals surface area contributed by atoms with E-state index >= 15 is 0 Å². The largest absolute Gasteiger partial charge is 0.453 e. The van der Waals surface area contributed by atoms with Gasteiger partial charge in [-0.05, 0) is 66.6 Å². The molecule has 12 heteroatoms. The molecule has 2 aromatic carbocycles. The number of hydrogen-bond donors (Lipinski definition) is 2. The van der Waals surface area contributed by atoms with E-state index in [0.717, 1.165) is 56.7 Å². The number of rotatable bonds is 8. The zero-order valence-electron chi connectivity index (χ0n) is 24.8. The van der Waals surface area contributed by atoms with Gasteiger partial charge in [0, 0.05) is 56.5 Å². The number of aromatic nitrogens is 3. The van der Waals surface area contributed by atoms with E-state index in [-0.39, 0.29) is 17.0 Å². The summed E-state index contributed by atoms with van der Waals surface area (Å²) in [5, 5.41) is 3.48. The van der Waals surface area contributed by atoms with Crippen LogP contribution < -0.4 is 16.2 Å². The Morgan fingerprint density at radius 3 is 2.50 bits per heavy atom. The van der Waals surface area contributed by atoms with Crippen LogP contribution in [0.1, 0.15) is 33.5 Å². The molecule has 0 unspecified atom stereocenters. The van der Waals surface area contributed by atoms with Gasteiger partial charge in [0.1, 0.15) is 5.56 Å². The standard InChI is InChI=1S/C32H35N7O5/c1-43-32(42)38-16-14-37(15-17-38)13-12-21-6-9-24(10-7-21)34-31-33-19-26-28(40)27(30(41)36-44-2)20-39(29(26)35-31)25-11-8-22-4-3-5-23(22)18-25/h6-11,18-20H,3-5,12-17H2,1-2H3,(H,36,41)(H,33,34,35). The highest BCUT2D eigenvalue weighted by molar-refractivity contribution is 5.96. The van der Waals surface area contributed by atoms with Gasteiger partial charge in [0.05, 0.1) is 19.6 Å². The molecule has 1 aliphatic heterocycles. The van der Waals surface area contributed by atoms with Gasteiger partial charge >= 0.3 is 6.09 Å². The molecule has 2 aliphatic rings. The van der Waals surface area contributed by atoms with Crippen LogP contribution >= 0.6 is 0 Å². The van der Waals surface area contributed by atoms with Gasteiger partial charge in [-0.1, -0.05) is 18.2 Å². The lowest BCUT2D eigenvalue weighted by atomic mass is 10.1. The molecule has 2 aromatic heterocycles. The summed E-state index contributed by atoms with van der Waals surface area (Å²) in [6.07, 6.45) is 6.72. The van der Waals surface area contributed by atoms with Crippen LogP contribution in [0.2, 0.25) is 0 Å². The molecule has 4 aromatic rings. The number of piperazine rings is 1. The van der Waals surface area contributed by atoms with Crippen molar-refractivity contribution < 1.29 is 19.2 Å². The number of carbonyl (C=O) groups excluding carboxylic acids is 2. The Labute approximate surface area is 254 Å². The molecule has 0 spiro atoms. The highest BCUT2D eigenvalue weighted by Gasteiger charge is 2.22. The van der Waals surface area contributed by atoms with Gasteiger partial charge in [0.25, 0.3) is 5.91 Å². The summed E-state index contributed by atoms with van der Waals surface area (Å²) < 4.78 is 6.58. The second-order valence-electron chi connectivity index (χ2n) is 11.0. The number of pyridine rings is 1. The first-order valence-electron chi connectivity index (χ1n) is 14.7. The first-order valence-corrected chi connectivity index (χ1v) is 14.7. The Morgan fingerprint density at radius 2 is 1.75 bits per heavy atom. The lowest BCUT2D eigenvalue weighted by molar-refractivity contribution is 0.0536. The minimum atomic E-state index is -0.639. The monoisotopic (exact) mass is 597 g/mol. The van der Waals surface area contributed by atoms with Crippen molar-refractivity contribution in [3.63, 3.8) is 0 Å². The van der Waals surface area contributed by atoms with Crippen LogP contribution in [0, 0.1) is 0 Å². The van der Waals surface area contributed by atoms with Crippen LogP contribution in [0.25, 0.3) is 16.7 Å². The molecule has 44 heavy (non-hydrogen) atoms. The quantitative estimate of drug-likeness (QED) is 0.294. The van der Waals surface area contributed by atoms with E-state index in [0.29, 0.717) is 24.7 Å². The number of methoxy groups -OCH3 is 1. The minimum Gasteiger partial charge on any atom is -0.453 e. The van der Waals surface area contributed by atoms with Crippen molar-refractivity contribution in [2.45, 2.75) is 25.7 Å². The molecule has 6 rings (SSSR count). The van der Waals surface area contributed by atoms with Gasteiger partial charge in [-0.3, -0.25) is 19.3 Å². The molecule has 1 aliphatic carbocycles. The fourth-order valence-electron chi connectivity index (χ4n) is 5.84. The third-order valence-electron chi connectivity index (χ3n) is 8.28. The Kier molecular flexibility index (Phi) is 8.53. The number of hydrogen-bond acceptors (Lipinski definition) is 9. The first kappa shape index (κ1) is 29.3. The Balaban J connectivity index is 1.21. The highest BCUT2D eigenvalue weighted by Crippen LogP contribution is 2.26. The Hall–Kier alpha value is -4.81. The molecule has 2 amide bonds. The number of nitrogens with zero attached hydrogens (tertiary/aromatic N) is 5. The summed E-state index contributed by atoms with van der Waals surface area (Å²) in [6.45, 7) is 3.89. The Morgan fingerprint density at radius 1 is 0.977 bits per heavy atom. The maximum Gasteiger partial charge on any atom is 0.409 e. The van der Waals surface area contributed by atoms with Crippen molar-refractivity contribution in [2.24, 2.45) is 0 Å². The molecule has 1 fully saturated rings. The van der Waals surface area contributed by atoms with Crippen molar-refractivity contribution in [3.8, 4) is 5.69 Å². The molecule has 12 nitrogen and oxygen atoms in total. The van der Waals surface area contributed by atoms with E-state index in [1.165, 1.54) is 43.3 Å². The van der Waals surface area contributed by atoms with E-state index in [9.17, 15) is 14.4 Å². The third-order valence-corrected chi connectivity index (χ3v) is 8.28. The average Bonchev–Trinajstić information content (AvgIpc) is 3.53.